The number of hydrogen-bond acceptors (Lipinski definition) is 1. The predicted octanol–water partition coefficient (Wildman–Crippen LogP) is 6.11. The molecule has 2 rings (SSSR count). The number of benzene rings is 1. The third-order valence-electron chi connectivity index (χ3n) is 5.46. The van der Waals surface area contributed by atoms with E-state index in [1.807, 2.05) is 0 Å². The summed E-state index contributed by atoms with van der Waals surface area (Å²) < 4.78 is 7.06. The molecule has 0 bridgehead atoms. The van der Waals surface area contributed by atoms with Crippen molar-refractivity contribution in [3.05, 3.63) is 35.4 Å². The smallest absolute Gasteiger partial charge is 0.201 e. The first-order valence-corrected chi connectivity index (χ1v) is 10.7. The topological polar surface area (TPSA) is 9.23 Å². The van der Waals surface area contributed by atoms with Crippen molar-refractivity contribution in [1.29, 1.82) is 0 Å². The zero-order valence-electron chi connectivity index (χ0n) is 14.8. The van der Waals surface area contributed by atoms with E-state index >= 15 is 0 Å². The molecule has 1 aromatic rings. The van der Waals surface area contributed by atoms with Gasteiger partial charge >= 0.3 is 0 Å². The molecule has 2 atom stereocenters. The molecular formula is C19H32OSi. The largest absolute Gasteiger partial charge is 0.409 e. The van der Waals surface area contributed by atoms with Gasteiger partial charge in [-0.3, -0.25) is 0 Å². The standard InChI is InChI=1S/C19H32OSi/c1-13(2)21(14(3)4,15(5)6)20-19-16(7)12-17-10-8-9-11-18(17)19/h8-11,13-16,19H,12H2,1-7H3/t16-,19+/m0/s1. The summed E-state index contributed by atoms with van der Waals surface area (Å²) in [7, 11) is -1.80. The molecule has 0 N–H and O–H groups in total. The minimum absolute atomic E-state index is 0.306. The van der Waals surface area contributed by atoms with Gasteiger partial charge in [0.25, 0.3) is 0 Å². The van der Waals surface area contributed by atoms with Crippen molar-refractivity contribution >= 4 is 8.32 Å². The summed E-state index contributed by atoms with van der Waals surface area (Å²) in [4.78, 5) is 0. The third-order valence-corrected chi connectivity index (χ3v) is 11.5. The van der Waals surface area contributed by atoms with Gasteiger partial charge in [0, 0.05) is 0 Å². The minimum atomic E-state index is -1.80. The Morgan fingerprint density at radius 1 is 0.952 bits per heavy atom. The first-order chi connectivity index (χ1) is 9.80. The fraction of sp³-hybridized carbons (Fsp3) is 0.684. The van der Waals surface area contributed by atoms with Crippen molar-refractivity contribution in [1.82, 2.24) is 0 Å². The number of rotatable bonds is 5. The molecule has 0 amide bonds. The summed E-state index contributed by atoms with van der Waals surface area (Å²) in [6.45, 7) is 16.6. The van der Waals surface area contributed by atoms with Crippen molar-refractivity contribution in [2.24, 2.45) is 5.92 Å². The monoisotopic (exact) mass is 304 g/mol. The van der Waals surface area contributed by atoms with E-state index in [0.717, 1.165) is 0 Å². The number of hydrogen-bond donors (Lipinski definition) is 0. The lowest BCUT2D eigenvalue weighted by molar-refractivity contribution is 0.134. The van der Waals surface area contributed by atoms with Crippen molar-refractivity contribution in [2.75, 3.05) is 0 Å². The molecule has 0 spiro atoms. The van der Waals surface area contributed by atoms with E-state index in [9.17, 15) is 0 Å². The normalized spacial score (nSPS) is 22.4. The van der Waals surface area contributed by atoms with E-state index in [0.29, 0.717) is 28.6 Å². The molecule has 0 radical (unpaired) electrons. The van der Waals surface area contributed by atoms with E-state index < -0.39 is 8.32 Å². The lowest BCUT2D eigenvalue weighted by Crippen LogP contribution is -2.49. The Kier molecular flexibility index (Phi) is 4.99. The summed E-state index contributed by atoms with van der Waals surface area (Å²) in [6, 6.07) is 8.88. The van der Waals surface area contributed by atoms with Crippen LogP contribution in [0.3, 0.4) is 0 Å². The van der Waals surface area contributed by atoms with Gasteiger partial charge < -0.3 is 4.43 Å². The number of fused-ring (bicyclic) bond motifs is 1. The Balaban J connectivity index is 2.38. The van der Waals surface area contributed by atoms with Gasteiger partial charge in [-0.25, -0.2) is 0 Å². The van der Waals surface area contributed by atoms with Crippen molar-refractivity contribution in [3.8, 4) is 0 Å². The van der Waals surface area contributed by atoms with Gasteiger partial charge in [0.2, 0.25) is 8.32 Å². The Morgan fingerprint density at radius 3 is 2.00 bits per heavy atom. The molecule has 0 aliphatic heterocycles. The molecular weight excluding hydrogens is 272 g/mol. The third kappa shape index (κ3) is 2.85. The van der Waals surface area contributed by atoms with Gasteiger partial charge in [-0.2, -0.15) is 0 Å². The SMILES string of the molecule is CC(C)[Si](O[C@H]1c2ccccc2C[C@@H]1C)(C(C)C)C(C)C. The summed E-state index contributed by atoms with van der Waals surface area (Å²) in [5.41, 5.74) is 4.89. The van der Waals surface area contributed by atoms with Gasteiger partial charge in [0.05, 0.1) is 6.10 Å². The highest BCUT2D eigenvalue weighted by atomic mass is 28.4. The Hall–Kier alpha value is -0.603. The Labute approximate surface area is 132 Å². The fourth-order valence-corrected chi connectivity index (χ4v) is 10.2. The molecule has 0 heterocycles. The molecule has 1 aliphatic rings. The van der Waals surface area contributed by atoms with Crippen LogP contribution in [0.2, 0.25) is 16.6 Å². The van der Waals surface area contributed by atoms with Crippen LogP contribution in [0.15, 0.2) is 24.3 Å². The maximum atomic E-state index is 7.06. The fourth-order valence-electron chi connectivity index (χ4n) is 4.57. The van der Waals surface area contributed by atoms with Gasteiger partial charge in [0.1, 0.15) is 0 Å². The van der Waals surface area contributed by atoms with Gasteiger partial charge in [-0.1, -0.05) is 72.7 Å². The summed E-state index contributed by atoms with van der Waals surface area (Å²) >= 11 is 0. The van der Waals surface area contributed by atoms with Crippen LogP contribution < -0.4 is 0 Å². The zero-order chi connectivity index (χ0) is 15.8. The van der Waals surface area contributed by atoms with Crippen LogP contribution in [0.1, 0.15) is 65.7 Å². The van der Waals surface area contributed by atoms with Gasteiger partial charge in [0.15, 0.2) is 0 Å². The molecule has 0 aromatic heterocycles. The maximum absolute atomic E-state index is 7.06. The van der Waals surface area contributed by atoms with Crippen LogP contribution in [0.5, 0.6) is 0 Å². The van der Waals surface area contributed by atoms with Crippen LogP contribution in [0.25, 0.3) is 0 Å². The highest BCUT2D eigenvalue weighted by Crippen LogP contribution is 2.49. The van der Waals surface area contributed by atoms with E-state index in [-0.39, 0.29) is 0 Å². The van der Waals surface area contributed by atoms with E-state index in [1.54, 1.807) is 0 Å². The lowest BCUT2D eigenvalue weighted by atomic mass is 10.1. The average molecular weight is 305 g/mol. The van der Waals surface area contributed by atoms with E-state index in [4.69, 9.17) is 4.43 Å². The molecule has 0 fully saturated rings. The first kappa shape index (κ1) is 16.8. The van der Waals surface area contributed by atoms with Gasteiger partial charge in [-0.15, -0.1) is 0 Å². The molecule has 1 aliphatic carbocycles. The molecule has 2 heteroatoms. The van der Waals surface area contributed by atoms with Crippen LogP contribution in [-0.4, -0.2) is 8.32 Å². The molecule has 0 saturated heterocycles. The van der Waals surface area contributed by atoms with Crippen molar-refractivity contribution in [3.63, 3.8) is 0 Å². The predicted molar refractivity (Wildman–Crippen MR) is 94.2 cm³/mol. The van der Waals surface area contributed by atoms with Crippen molar-refractivity contribution < 1.29 is 4.43 Å². The average Bonchev–Trinajstić information content (AvgIpc) is 2.70. The van der Waals surface area contributed by atoms with Crippen molar-refractivity contribution in [2.45, 2.75) is 77.6 Å². The second-order valence-corrected chi connectivity index (χ2v) is 13.1. The summed E-state index contributed by atoms with van der Waals surface area (Å²) in [6.07, 6.45) is 1.47. The Bertz CT molecular complexity index is 456. The molecule has 0 saturated carbocycles. The quantitative estimate of drug-likeness (QED) is 0.596. The van der Waals surface area contributed by atoms with Crippen LogP contribution >= 0.6 is 0 Å². The summed E-state index contributed by atoms with van der Waals surface area (Å²) in [5.74, 6) is 0.602. The van der Waals surface area contributed by atoms with E-state index in [2.05, 4.69) is 72.7 Å². The zero-order valence-corrected chi connectivity index (χ0v) is 15.8. The molecule has 21 heavy (non-hydrogen) atoms. The van der Waals surface area contributed by atoms with Gasteiger partial charge in [-0.05, 0) is 40.1 Å². The summed E-state index contributed by atoms with van der Waals surface area (Å²) in [5, 5.41) is 0. The maximum Gasteiger partial charge on any atom is 0.201 e. The minimum Gasteiger partial charge on any atom is -0.409 e. The highest BCUT2D eigenvalue weighted by Gasteiger charge is 2.48. The highest BCUT2D eigenvalue weighted by molar-refractivity contribution is 6.77. The van der Waals surface area contributed by atoms with E-state index in [1.165, 1.54) is 17.5 Å². The molecule has 1 aromatic carbocycles. The Morgan fingerprint density at radius 2 is 1.48 bits per heavy atom. The molecule has 1 nitrogen and oxygen atoms in total. The lowest BCUT2D eigenvalue weighted by Gasteiger charge is -2.45. The van der Waals surface area contributed by atoms with Crippen LogP contribution in [0.4, 0.5) is 0 Å². The first-order valence-electron chi connectivity index (χ1n) is 8.56. The molecule has 0 unspecified atom stereocenters. The molecule has 118 valence electrons. The second-order valence-electron chi connectivity index (χ2n) is 7.74. The van der Waals surface area contributed by atoms with Crippen LogP contribution in [0, 0.1) is 5.92 Å². The second kappa shape index (κ2) is 6.25. The van der Waals surface area contributed by atoms with Crippen LogP contribution in [-0.2, 0) is 10.8 Å².